The topological polar surface area (TPSA) is 148 Å². The Morgan fingerprint density at radius 1 is 1.18 bits per heavy atom. The Morgan fingerprint density at radius 3 is 2.45 bits per heavy atom. The Morgan fingerprint density at radius 2 is 1.87 bits per heavy atom. The van der Waals surface area contributed by atoms with Crippen LogP contribution in [0.2, 0.25) is 0 Å². The van der Waals surface area contributed by atoms with Gasteiger partial charge in [-0.3, -0.25) is 9.00 Å². The fourth-order valence-corrected chi connectivity index (χ4v) is 6.93. The van der Waals surface area contributed by atoms with Gasteiger partial charge in [0, 0.05) is 31.2 Å². The summed E-state index contributed by atoms with van der Waals surface area (Å²) < 4.78 is 48.9. The quantitative estimate of drug-likeness (QED) is 0.306. The van der Waals surface area contributed by atoms with Gasteiger partial charge in [0.15, 0.2) is 0 Å². The number of carbonyl (C=O) groups is 1. The predicted octanol–water partition coefficient (Wildman–Crippen LogP) is 3.56. The summed E-state index contributed by atoms with van der Waals surface area (Å²) in [5, 5.41) is 3.41. The maximum absolute atomic E-state index is 12.4. The number of aromatic nitrogens is 1. The van der Waals surface area contributed by atoms with Crippen molar-refractivity contribution in [1.82, 2.24) is 14.6 Å². The number of nitrogens with zero attached hydrogens (tertiary/aromatic N) is 1. The van der Waals surface area contributed by atoms with Crippen molar-refractivity contribution in [2.45, 2.75) is 57.4 Å². The number of hydrogen-bond donors (Lipinski definition) is 3. The van der Waals surface area contributed by atoms with Crippen molar-refractivity contribution in [1.29, 1.82) is 0 Å². The van der Waals surface area contributed by atoms with Gasteiger partial charge in [-0.1, -0.05) is 37.6 Å². The highest BCUT2D eigenvalue weighted by Gasteiger charge is 2.29. The fourth-order valence-electron chi connectivity index (χ4n) is 5.15. The minimum atomic E-state index is -3.21. The maximum Gasteiger partial charge on any atom is 0.250 e. The second-order valence-corrected chi connectivity index (χ2v) is 13.1. The molecule has 1 amide bonds. The van der Waals surface area contributed by atoms with Crippen LogP contribution >= 0.6 is 0 Å². The van der Waals surface area contributed by atoms with Gasteiger partial charge in [-0.15, -0.1) is 0 Å². The molecule has 11 heteroatoms. The van der Waals surface area contributed by atoms with E-state index in [1.165, 1.54) is 0 Å². The summed E-state index contributed by atoms with van der Waals surface area (Å²) in [6.45, 7) is 4.99. The Kier molecular flexibility index (Phi) is 9.04. The Balaban J connectivity index is 1.59. The van der Waals surface area contributed by atoms with Gasteiger partial charge in [0.25, 0.3) is 5.91 Å². The number of sulfonamides is 1. The zero-order valence-electron chi connectivity index (χ0n) is 21.7. The van der Waals surface area contributed by atoms with E-state index in [0.717, 1.165) is 34.1 Å². The smallest absolute Gasteiger partial charge is 0.250 e. The first-order chi connectivity index (χ1) is 18.1. The number of piperidine rings is 1. The summed E-state index contributed by atoms with van der Waals surface area (Å²) in [5.41, 5.74) is 10.6. The van der Waals surface area contributed by atoms with Crippen LogP contribution in [-0.4, -0.2) is 56.6 Å². The lowest BCUT2D eigenvalue weighted by molar-refractivity contribution is 0.100. The summed E-state index contributed by atoms with van der Waals surface area (Å²) in [4.78, 5) is 15.6. The molecule has 9 nitrogen and oxygen atoms in total. The van der Waals surface area contributed by atoms with Crippen LogP contribution in [0, 0.1) is 0 Å². The number of nitrogens with one attached hydrogen (secondary N) is 2. The van der Waals surface area contributed by atoms with Crippen LogP contribution in [-0.2, 0) is 27.6 Å². The monoisotopic (exact) mass is 559 g/mol. The fraction of sp³-hybridized carbons (Fsp3) is 0.444. The van der Waals surface area contributed by atoms with Gasteiger partial charge in [-0.2, -0.15) is 0 Å². The molecule has 38 heavy (non-hydrogen) atoms. The van der Waals surface area contributed by atoms with Gasteiger partial charge < -0.3 is 20.6 Å². The molecule has 1 fully saturated rings. The third-order valence-corrected chi connectivity index (χ3v) is 10.1. The standard InChI is InChI=1S/C27H36N4O5S2/c1-3-5-25(37(33)34)29-16-18-6-8-19(9-7-18)21-14-22-24(17-30-26(22)23(15-21)27(28)32)20-10-12-31(13-11-20)38(35,36)4-2/h6-9,14-15,17,20,25,29-30H,3-5,10-13,16H2,1-2H3,(H2,28,32)(H,33,34)/p-1. The van der Waals surface area contributed by atoms with Crippen LogP contribution in [0.4, 0.5) is 0 Å². The molecule has 2 aromatic carbocycles. The first kappa shape index (κ1) is 28.4. The number of hydrogen-bond acceptors (Lipinski definition) is 6. The molecule has 0 radical (unpaired) electrons. The van der Waals surface area contributed by atoms with E-state index in [9.17, 15) is 22.0 Å². The lowest BCUT2D eigenvalue weighted by Crippen LogP contribution is -2.38. The number of aromatic amines is 1. The Labute approximate surface area is 226 Å². The molecule has 206 valence electrons. The second-order valence-electron chi connectivity index (χ2n) is 9.74. The molecule has 0 saturated carbocycles. The van der Waals surface area contributed by atoms with Crippen molar-refractivity contribution in [3.63, 3.8) is 0 Å². The zero-order chi connectivity index (χ0) is 27.4. The molecule has 3 aromatic rings. The highest BCUT2D eigenvalue weighted by atomic mass is 32.2. The summed E-state index contributed by atoms with van der Waals surface area (Å²) in [6.07, 6.45) is 4.65. The van der Waals surface area contributed by atoms with E-state index >= 15 is 0 Å². The molecular weight excluding hydrogens is 524 g/mol. The van der Waals surface area contributed by atoms with Crippen LogP contribution in [0.25, 0.3) is 22.0 Å². The largest absolute Gasteiger partial charge is 0.771 e. The Bertz CT molecular complexity index is 1410. The van der Waals surface area contributed by atoms with Crippen molar-refractivity contribution in [2.75, 3.05) is 18.8 Å². The van der Waals surface area contributed by atoms with Crippen LogP contribution < -0.4 is 11.1 Å². The molecule has 0 aliphatic carbocycles. The number of benzene rings is 2. The minimum Gasteiger partial charge on any atom is -0.771 e. The summed E-state index contributed by atoms with van der Waals surface area (Å²) in [6, 6.07) is 11.6. The van der Waals surface area contributed by atoms with Crippen LogP contribution in [0.15, 0.2) is 42.6 Å². The molecular formula is C27H35N4O5S2-. The average Bonchev–Trinajstić information content (AvgIpc) is 3.34. The molecule has 2 atom stereocenters. The summed E-state index contributed by atoms with van der Waals surface area (Å²) >= 11 is -2.18. The van der Waals surface area contributed by atoms with Gasteiger partial charge in [0.1, 0.15) is 0 Å². The molecule has 4 rings (SSSR count). The highest BCUT2D eigenvalue weighted by Crippen LogP contribution is 2.37. The second kappa shape index (κ2) is 12.1. The minimum absolute atomic E-state index is 0.0996. The molecule has 2 unspecified atom stereocenters. The lowest BCUT2D eigenvalue weighted by Gasteiger charge is -2.31. The summed E-state index contributed by atoms with van der Waals surface area (Å²) in [7, 11) is -3.21. The van der Waals surface area contributed by atoms with Gasteiger partial charge in [0.05, 0.1) is 22.2 Å². The third-order valence-electron chi connectivity index (χ3n) is 7.34. The Hall–Kier alpha value is -2.57. The van der Waals surface area contributed by atoms with Gasteiger partial charge in [0.2, 0.25) is 10.0 Å². The lowest BCUT2D eigenvalue weighted by atomic mass is 9.88. The molecule has 1 saturated heterocycles. The number of primary amides is 1. The van der Waals surface area contributed by atoms with E-state index in [1.54, 1.807) is 17.3 Å². The molecule has 0 spiro atoms. The zero-order valence-corrected chi connectivity index (χ0v) is 23.4. The SMILES string of the molecule is CCCC(NCc1ccc(-c2cc(C(N)=O)c3[nH]cc(C4CCN(S(=O)(=O)CC)CC4)c3c2)cc1)S(=O)[O-]. The van der Waals surface area contributed by atoms with E-state index in [0.29, 0.717) is 50.0 Å². The number of amides is 1. The normalized spacial score (nSPS) is 17.0. The van der Waals surface area contributed by atoms with Gasteiger partial charge in [-0.05, 0) is 77.6 Å². The predicted molar refractivity (Wildman–Crippen MR) is 150 cm³/mol. The van der Waals surface area contributed by atoms with Crippen molar-refractivity contribution < 1.29 is 22.0 Å². The van der Waals surface area contributed by atoms with E-state index in [2.05, 4.69) is 10.3 Å². The molecule has 0 bridgehead atoms. The number of rotatable bonds is 11. The number of H-pyrrole nitrogens is 1. The molecule has 2 heterocycles. The average molecular weight is 560 g/mol. The third kappa shape index (κ3) is 6.18. The van der Waals surface area contributed by atoms with E-state index in [-0.39, 0.29) is 11.7 Å². The van der Waals surface area contributed by atoms with E-state index in [4.69, 9.17) is 5.73 Å². The van der Waals surface area contributed by atoms with E-state index < -0.39 is 32.4 Å². The van der Waals surface area contributed by atoms with Gasteiger partial charge in [-0.25, -0.2) is 12.7 Å². The number of fused-ring (bicyclic) bond motifs is 1. The molecule has 1 aliphatic rings. The summed E-state index contributed by atoms with van der Waals surface area (Å²) in [5.74, 6) is -0.260. The molecule has 1 aliphatic heterocycles. The van der Waals surface area contributed by atoms with Crippen molar-refractivity contribution in [3.05, 3.63) is 59.3 Å². The molecule has 1 aromatic heterocycles. The van der Waals surface area contributed by atoms with Crippen molar-refractivity contribution >= 4 is 37.9 Å². The van der Waals surface area contributed by atoms with Crippen molar-refractivity contribution in [2.24, 2.45) is 5.73 Å². The number of carbonyl (C=O) groups excluding carboxylic acids is 1. The van der Waals surface area contributed by atoms with Crippen LogP contribution in [0.5, 0.6) is 0 Å². The van der Waals surface area contributed by atoms with Crippen LogP contribution in [0.1, 0.15) is 66.9 Å². The maximum atomic E-state index is 12.4. The van der Waals surface area contributed by atoms with E-state index in [1.807, 2.05) is 43.5 Å². The molecule has 4 N–H and O–H groups in total. The van der Waals surface area contributed by atoms with Gasteiger partial charge >= 0.3 is 0 Å². The first-order valence-electron chi connectivity index (χ1n) is 13.0. The highest BCUT2D eigenvalue weighted by molar-refractivity contribution is 7.89. The van der Waals surface area contributed by atoms with Crippen molar-refractivity contribution in [3.8, 4) is 11.1 Å². The van der Waals surface area contributed by atoms with Crippen LogP contribution in [0.3, 0.4) is 0 Å². The number of nitrogens with two attached hydrogens (primary N) is 1. The first-order valence-corrected chi connectivity index (χ1v) is 15.7.